The van der Waals surface area contributed by atoms with Gasteiger partial charge in [-0.15, -0.1) is 0 Å². The van der Waals surface area contributed by atoms with Gasteiger partial charge in [-0.1, -0.05) is 11.6 Å². The van der Waals surface area contributed by atoms with Gasteiger partial charge in [0, 0.05) is 24.7 Å². The molecule has 5 heteroatoms. The second kappa shape index (κ2) is 7.63. The summed E-state index contributed by atoms with van der Waals surface area (Å²) >= 11 is 5.83. The van der Waals surface area contributed by atoms with E-state index in [-0.39, 0.29) is 10.9 Å². The molecule has 2 heterocycles. The van der Waals surface area contributed by atoms with Gasteiger partial charge in [-0.05, 0) is 69.8 Å². The second-order valence-corrected chi connectivity index (χ2v) is 7.02. The highest BCUT2D eigenvalue weighted by Crippen LogP contribution is 2.24. The molecular weight excluding hydrogens is 315 g/mol. The molecule has 1 aromatic carbocycles. The zero-order valence-electron chi connectivity index (χ0n) is 13.4. The molecule has 0 spiro atoms. The smallest absolute Gasteiger partial charge is 0.254 e. The predicted molar refractivity (Wildman–Crippen MR) is 90.4 cm³/mol. The van der Waals surface area contributed by atoms with E-state index in [2.05, 4.69) is 4.90 Å². The minimum absolute atomic E-state index is 0.0153. The number of carbonyl (C=O) groups is 1. The van der Waals surface area contributed by atoms with Crippen LogP contribution >= 0.6 is 11.6 Å². The van der Waals surface area contributed by atoms with Crippen molar-refractivity contribution in [1.29, 1.82) is 0 Å². The van der Waals surface area contributed by atoms with E-state index in [0.717, 1.165) is 32.4 Å². The Morgan fingerprint density at radius 1 is 1.17 bits per heavy atom. The number of hydrogen-bond donors (Lipinski definition) is 0. The molecule has 2 saturated heterocycles. The zero-order valence-corrected chi connectivity index (χ0v) is 14.2. The minimum atomic E-state index is -0.479. The highest BCUT2D eigenvalue weighted by Gasteiger charge is 2.28. The van der Waals surface area contributed by atoms with E-state index in [9.17, 15) is 9.18 Å². The van der Waals surface area contributed by atoms with Crippen LogP contribution in [0.25, 0.3) is 0 Å². The first-order chi connectivity index (χ1) is 11.1. The first-order valence-corrected chi connectivity index (χ1v) is 9.01. The minimum Gasteiger partial charge on any atom is -0.336 e. The molecule has 0 saturated carbocycles. The maximum atomic E-state index is 13.3. The van der Waals surface area contributed by atoms with Gasteiger partial charge in [-0.2, -0.15) is 0 Å². The van der Waals surface area contributed by atoms with E-state index in [0.29, 0.717) is 11.6 Å². The van der Waals surface area contributed by atoms with Gasteiger partial charge in [0.25, 0.3) is 5.91 Å². The summed E-state index contributed by atoms with van der Waals surface area (Å²) in [6.45, 7) is 4.24. The van der Waals surface area contributed by atoms with Crippen LogP contribution in [0.3, 0.4) is 0 Å². The average Bonchev–Trinajstić information content (AvgIpc) is 3.08. The molecule has 0 N–H and O–H groups in total. The monoisotopic (exact) mass is 338 g/mol. The third-order valence-electron chi connectivity index (χ3n) is 5.03. The Hall–Kier alpha value is -1.13. The predicted octanol–water partition coefficient (Wildman–Crippen LogP) is 3.96. The Bertz CT molecular complexity index is 560. The van der Waals surface area contributed by atoms with Crippen LogP contribution in [0, 0.1) is 5.82 Å². The molecule has 0 aromatic heterocycles. The van der Waals surface area contributed by atoms with Crippen LogP contribution in [0.5, 0.6) is 0 Å². The highest BCUT2D eigenvalue weighted by atomic mass is 35.5. The van der Waals surface area contributed by atoms with Crippen molar-refractivity contribution in [1.82, 2.24) is 9.80 Å². The summed E-state index contributed by atoms with van der Waals surface area (Å²) in [6.07, 6.45) is 6.90. The van der Waals surface area contributed by atoms with Gasteiger partial charge in [0.05, 0.1) is 5.02 Å². The normalized spacial score (nSPS) is 22.5. The molecule has 1 aromatic rings. The van der Waals surface area contributed by atoms with Crippen LogP contribution in [0.15, 0.2) is 18.2 Å². The Morgan fingerprint density at radius 2 is 1.91 bits per heavy atom. The molecule has 1 atom stereocenters. The van der Waals surface area contributed by atoms with Gasteiger partial charge in [0.1, 0.15) is 5.82 Å². The standard InChI is InChI=1S/C18H24ClFN2O/c19-16-13-14(6-7-17(16)20)18(23)22-11-2-1-5-15(22)8-12-21-9-3-4-10-21/h6-7,13,15H,1-5,8-12H2/t15-/m0/s1. The van der Waals surface area contributed by atoms with E-state index in [1.54, 1.807) is 0 Å². The van der Waals surface area contributed by atoms with Gasteiger partial charge in [0.2, 0.25) is 0 Å². The van der Waals surface area contributed by atoms with E-state index >= 15 is 0 Å². The van der Waals surface area contributed by atoms with Crippen LogP contribution < -0.4 is 0 Å². The molecule has 0 aliphatic carbocycles. The summed E-state index contributed by atoms with van der Waals surface area (Å²) in [7, 11) is 0. The van der Waals surface area contributed by atoms with Crippen LogP contribution in [0.4, 0.5) is 4.39 Å². The number of halogens is 2. The van der Waals surface area contributed by atoms with Gasteiger partial charge in [-0.25, -0.2) is 4.39 Å². The zero-order chi connectivity index (χ0) is 16.2. The fraction of sp³-hybridized carbons (Fsp3) is 0.611. The van der Waals surface area contributed by atoms with Gasteiger partial charge < -0.3 is 9.80 Å². The van der Waals surface area contributed by atoms with Crippen LogP contribution in [0.1, 0.15) is 48.9 Å². The molecule has 0 bridgehead atoms. The lowest BCUT2D eigenvalue weighted by Gasteiger charge is -2.36. The van der Waals surface area contributed by atoms with Crippen molar-refractivity contribution in [2.45, 2.75) is 44.6 Å². The number of rotatable bonds is 4. The maximum absolute atomic E-state index is 13.3. The van der Waals surface area contributed by atoms with E-state index < -0.39 is 5.82 Å². The van der Waals surface area contributed by atoms with Crippen molar-refractivity contribution in [3.8, 4) is 0 Å². The lowest BCUT2D eigenvalue weighted by Crippen LogP contribution is -2.45. The third kappa shape index (κ3) is 4.04. The summed E-state index contributed by atoms with van der Waals surface area (Å²) in [5.74, 6) is -0.495. The van der Waals surface area contributed by atoms with Crippen molar-refractivity contribution in [3.63, 3.8) is 0 Å². The Balaban J connectivity index is 1.66. The number of nitrogens with zero attached hydrogens (tertiary/aromatic N) is 2. The van der Waals surface area contributed by atoms with Crippen molar-refractivity contribution >= 4 is 17.5 Å². The largest absolute Gasteiger partial charge is 0.336 e. The molecule has 1 amide bonds. The Kier molecular flexibility index (Phi) is 5.54. The molecule has 3 nitrogen and oxygen atoms in total. The summed E-state index contributed by atoms with van der Waals surface area (Å²) in [4.78, 5) is 17.3. The molecule has 0 unspecified atom stereocenters. The fourth-order valence-electron chi connectivity index (χ4n) is 3.70. The first-order valence-electron chi connectivity index (χ1n) is 8.63. The van der Waals surface area contributed by atoms with Gasteiger partial charge in [-0.3, -0.25) is 4.79 Å². The first kappa shape index (κ1) is 16.7. The summed E-state index contributed by atoms with van der Waals surface area (Å²) in [5.41, 5.74) is 0.490. The number of hydrogen-bond acceptors (Lipinski definition) is 2. The summed E-state index contributed by atoms with van der Waals surface area (Å²) in [5, 5.41) is 0.0153. The third-order valence-corrected chi connectivity index (χ3v) is 5.32. The maximum Gasteiger partial charge on any atom is 0.254 e. The number of carbonyl (C=O) groups excluding carboxylic acids is 1. The van der Waals surface area contributed by atoms with E-state index in [4.69, 9.17) is 11.6 Å². The topological polar surface area (TPSA) is 23.6 Å². The lowest BCUT2D eigenvalue weighted by atomic mass is 9.98. The van der Waals surface area contributed by atoms with Crippen LogP contribution in [-0.2, 0) is 0 Å². The molecule has 2 aliphatic rings. The quantitative estimate of drug-likeness (QED) is 0.829. The molecule has 126 valence electrons. The lowest BCUT2D eigenvalue weighted by molar-refractivity contribution is 0.0588. The molecule has 2 aliphatic heterocycles. The number of amides is 1. The average molecular weight is 339 g/mol. The molecule has 23 heavy (non-hydrogen) atoms. The van der Waals surface area contributed by atoms with E-state index in [1.165, 1.54) is 50.6 Å². The van der Waals surface area contributed by atoms with Crippen LogP contribution in [-0.4, -0.2) is 47.9 Å². The number of benzene rings is 1. The molecular formula is C18H24ClFN2O. The van der Waals surface area contributed by atoms with Gasteiger partial charge in [0.15, 0.2) is 0 Å². The van der Waals surface area contributed by atoms with E-state index in [1.807, 2.05) is 4.90 Å². The Morgan fingerprint density at radius 3 is 2.65 bits per heavy atom. The highest BCUT2D eigenvalue weighted by molar-refractivity contribution is 6.31. The number of likely N-dealkylation sites (tertiary alicyclic amines) is 2. The van der Waals surface area contributed by atoms with Crippen molar-refractivity contribution in [3.05, 3.63) is 34.6 Å². The van der Waals surface area contributed by atoms with Gasteiger partial charge >= 0.3 is 0 Å². The SMILES string of the molecule is O=C(c1ccc(F)c(Cl)c1)N1CCCC[C@H]1CCN1CCCC1. The van der Waals surface area contributed by atoms with Crippen molar-refractivity contribution in [2.75, 3.05) is 26.2 Å². The molecule has 2 fully saturated rings. The number of piperidine rings is 1. The summed E-state index contributed by atoms with van der Waals surface area (Å²) < 4.78 is 13.3. The Labute approximate surface area is 142 Å². The molecule has 0 radical (unpaired) electrons. The van der Waals surface area contributed by atoms with Crippen molar-refractivity contribution in [2.24, 2.45) is 0 Å². The van der Waals surface area contributed by atoms with Crippen LogP contribution in [0.2, 0.25) is 5.02 Å². The fourth-order valence-corrected chi connectivity index (χ4v) is 3.88. The summed E-state index contributed by atoms with van der Waals surface area (Å²) in [6, 6.07) is 4.56. The van der Waals surface area contributed by atoms with Crippen molar-refractivity contribution < 1.29 is 9.18 Å². The molecule has 3 rings (SSSR count). The second-order valence-electron chi connectivity index (χ2n) is 6.61.